The molecule has 0 atom stereocenters. The number of carbonyl (C=O) groups is 1. The van der Waals surface area contributed by atoms with Crippen molar-refractivity contribution >= 4 is 5.91 Å². The summed E-state index contributed by atoms with van der Waals surface area (Å²) in [7, 11) is 1.59. The van der Waals surface area contributed by atoms with Gasteiger partial charge in [0.2, 0.25) is 5.89 Å². The molecular formula is C16H24N6O3. The number of hydrogen-bond donors (Lipinski definition) is 1. The van der Waals surface area contributed by atoms with Crippen molar-refractivity contribution in [2.45, 2.75) is 32.9 Å². The summed E-state index contributed by atoms with van der Waals surface area (Å²) in [5.41, 5.74) is 1.56. The molecule has 9 nitrogen and oxygen atoms in total. The van der Waals surface area contributed by atoms with E-state index >= 15 is 0 Å². The number of H-pyrrole nitrogens is 1. The average Bonchev–Trinajstić information content (AvgIpc) is 3.25. The highest BCUT2D eigenvalue weighted by Crippen LogP contribution is 2.19. The number of nitrogens with zero attached hydrogens (tertiary/aromatic N) is 5. The van der Waals surface area contributed by atoms with Gasteiger partial charge in [0.1, 0.15) is 6.61 Å². The first-order valence-electron chi connectivity index (χ1n) is 8.43. The van der Waals surface area contributed by atoms with E-state index in [1.807, 2.05) is 18.7 Å². The number of aromatic amines is 1. The second kappa shape index (κ2) is 7.75. The third kappa shape index (κ3) is 4.05. The van der Waals surface area contributed by atoms with Crippen LogP contribution in [-0.4, -0.2) is 69.3 Å². The largest absolute Gasteiger partial charge is 0.377 e. The summed E-state index contributed by atoms with van der Waals surface area (Å²) in [6.07, 6.45) is 1.62. The van der Waals surface area contributed by atoms with E-state index < -0.39 is 0 Å². The van der Waals surface area contributed by atoms with E-state index in [9.17, 15) is 4.79 Å². The Morgan fingerprint density at radius 1 is 1.36 bits per heavy atom. The molecule has 0 spiro atoms. The van der Waals surface area contributed by atoms with Crippen LogP contribution in [0.15, 0.2) is 10.7 Å². The Morgan fingerprint density at radius 3 is 2.80 bits per heavy atom. The lowest BCUT2D eigenvalue weighted by molar-refractivity contribution is 0.0613. The van der Waals surface area contributed by atoms with E-state index in [-0.39, 0.29) is 11.8 Å². The Bertz CT molecular complexity index is 702. The van der Waals surface area contributed by atoms with Crippen LogP contribution < -0.4 is 0 Å². The van der Waals surface area contributed by atoms with Gasteiger partial charge in [0.05, 0.1) is 24.0 Å². The van der Waals surface area contributed by atoms with Crippen molar-refractivity contribution in [2.75, 3.05) is 33.3 Å². The van der Waals surface area contributed by atoms with Crippen LogP contribution in [0.3, 0.4) is 0 Å². The first-order valence-corrected chi connectivity index (χ1v) is 8.43. The van der Waals surface area contributed by atoms with Crippen molar-refractivity contribution < 1.29 is 14.1 Å². The molecule has 0 bridgehead atoms. The SMILES string of the molecule is COCc1noc(CN2CCN(C(=O)c3cn[nH]c3C(C)C)CC2)n1. The van der Waals surface area contributed by atoms with Gasteiger partial charge >= 0.3 is 0 Å². The fourth-order valence-corrected chi connectivity index (χ4v) is 2.92. The van der Waals surface area contributed by atoms with Crippen molar-refractivity contribution in [2.24, 2.45) is 0 Å². The van der Waals surface area contributed by atoms with E-state index in [1.54, 1.807) is 13.3 Å². The van der Waals surface area contributed by atoms with Crippen molar-refractivity contribution in [3.05, 3.63) is 29.2 Å². The summed E-state index contributed by atoms with van der Waals surface area (Å²) < 4.78 is 10.2. The zero-order chi connectivity index (χ0) is 17.8. The topological polar surface area (TPSA) is 100 Å². The van der Waals surface area contributed by atoms with Crippen LogP contribution in [0, 0.1) is 0 Å². The fourth-order valence-electron chi connectivity index (χ4n) is 2.92. The van der Waals surface area contributed by atoms with Gasteiger partial charge in [-0.2, -0.15) is 10.1 Å². The highest BCUT2D eigenvalue weighted by atomic mass is 16.5. The molecule has 1 fully saturated rings. The third-order valence-corrected chi connectivity index (χ3v) is 4.28. The number of piperazine rings is 1. The number of carbonyl (C=O) groups excluding carboxylic acids is 1. The summed E-state index contributed by atoms with van der Waals surface area (Å²) in [6.45, 7) is 7.89. The number of rotatable bonds is 6. The van der Waals surface area contributed by atoms with Gasteiger partial charge in [0, 0.05) is 33.3 Å². The minimum absolute atomic E-state index is 0.0391. The lowest BCUT2D eigenvalue weighted by Crippen LogP contribution is -2.48. The molecule has 3 rings (SSSR count). The zero-order valence-corrected chi connectivity index (χ0v) is 14.9. The van der Waals surface area contributed by atoms with Gasteiger partial charge < -0.3 is 14.2 Å². The van der Waals surface area contributed by atoms with Crippen LogP contribution in [0.2, 0.25) is 0 Å². The minimum Gasteiger partial charge on any atom is -0.377 e. The van der Waals surface area contributed by atoms with Crippen molar-refractivity contribution in [3.8, 4) is 0 Å². The maximum Gasteiger partial charge on any atom is 0.257 e. The van der Waals surface area contributed by atoms with Crippen LogP contribution in [0.25, 0.3) is 0 Å². The predicted octanol–water partition coefficient (Wildman–Crippen LogP) is 1.02. The molecule has 1 amide bonds. The third-order valence-electron chi connectivity index (χ3n) is 4.28. The zero-order valence-electron chi connectivity index (χ0n) is 14.9. The minimum atomic E-state index is 0.0391. The van der Waals surface area contributed by atoms with Gasteiger partial charge in [-0.15, -0.1) is 0 Å². The number of hydrogen-bond acceptors (Lipinski definition) is 7. The second-order valence-electron chi connectivity index (χ2n) is 6.46. The monoisotopic (exact) mass is 348 g/mol. The molecule has 0 aliphatic carbocycles. The molecule has 136 valence electrons. The van der Waals surface area contributed by atoms with Crippen LogP contribution >= 0.6 is 0 Å². The number of amides is 1. The molecule has 9 heteroatoms. The Balaban J connectivity index is 1.54. The number of methoxy groups -OCH3 is 1. The Kier molecular flexibility index (Phi) is 5.44. The van der Waals surface area contributed by atoms with E-state index in [2.05, 4.69) is 25.2 Å². The summed E-state index contributed by atoms with van der Waals surface area (Å²) in [5, 5.41) is 10.8. The van der Waals surface area contributed by atoms with E-state index in [0.29, 0.717) is 43.5 Å². The van der Waals surface area contributed by atoms with Crippen LogP contribution in [0.4, 0.5) is 0 Å². The van der Waals surface area contributed by atoms with E-state index in [0.717, 1.165) is 18.8 Å². The molecule has 1 aliphatic rings. The molecule has 25 heavy (non-hydrogen) atoms. The number of nitrogens with one attached hydrogen (secondary N) is 1. The van der Waals surface area contributed by atoms with Crippen molar-refractivity contribution in [3.63, 3.8) is 0 Å². The Labute approximate surface area is 146 Å². The van der Waals surface area contributed by atoms with E-state index in [1.165, 1.54) is 0 Å². The molecule has 0 radical (unpaired) electrons. The molecule has 2 aromatic heterocycles. The maximum absolute atomic E-state index is 12.7. The fraction of sp³-hybridized carbons (Fsp3) is 0.625. The molecule has 1 N–H and O–H groups in total. The van der Waals surface area contributed by atoms with Gasteiger partial charge in [0.25, 0.3) is 5.91 Å². The number of ether oxygens (including phenoxy) is 1. The van der Waals surface area contributed by atoms with E-state index in [4.69, 9.17) is 9.26 Å². The number of aromatic nitrogens is 4. The maximum atomic E-state index is 12.7. The average molecular weight is 348 g/mol. The molecular weight excluding hydrogens is 324 g/mol. The first kappa shape index (κ1) is 17.6. The predicted molar refractivity (Wildman–Crippen MR) is 88.9 cm³/mol. The van der Waals surface area contributed by atoms with Gasteiger partial charge in [-0.1, -0.05) is 19.0 Å². The molecule has 0 aromatic carbocycles. The molecule has 0 saturated carbocycles. The first-order chi connectivity index (χ1) is 12.1. The molecule has 1 aliphatic heterocycles. The molecule has 3 heterocycles. The van der Waals surface area contributed by atoms with Gasteiger partial charge in [-0.05, 0) is 5.92 Å². The highest BCUT2D eigenvalue weighted by molar-refractivity contribution is 5.95. The smallest absolute Gasteiger partial charge is 0.257 e. The lowest BCUT2D eigenvalue weighted by Gasteiger charge is -2.34. The molecule has 2 aromatic rings. The summed E-state index contributed by atoms with van der Waals surface area (Å²) in [6, 6.07) is 0. The van der Waals surface area contributed by atoms with Crippen molar-refractivity contribution in [1.82, 2.24) is 30.1 Å². The van der Waals surface area contributed by atoms with Crippen molar-refractivity contribution in [1.29, 1.82) is 0 Å². The molecule has 1 saturated heterocycles. The lowest BCUT2D eigenvalue weighted by atomic mass is 10.1. The van der Waals surface area contributed by atoms with Gasteiger partial charge in [0.15, 0.2) is 5.82 Å². The molecule has 0 unspecified atom stereocenters. The van der Waals surface area contributed by atoms with Crippen LogP contribution in [0.1, 0.15) is 47.5 Å². The summed E-state index contributed by atoms with van der Waals surface area (Å²) in [5.74, 6) is 1.40. The quantitative estimate of drug-likeness (QED) is 0.832. The van der Waals surface area contributed by atoms with Gasteiger partial charge in [-0.3, -0.25) is 14.8 Å². The summed E-state index contributed by atoms with van der Waals surface area (Å²) in [4.78, 5) is 21.1. The van der Waals surface area contributed by atoms with Crippen LogP contribution in [-0.2, 0) is 17.9 Å². The normalized spacial score (nSPS) is 15.9. The van der Waals surface area contributed by atoms with Crippen LogP contribution in [0.5, 0.6) is 0 Å². The Hall–Kier alpha value is -2.26. The highest BCUT2D eigenvalue weighted by Gasteiger charge is 2.26. The standard InChI is InChI=1S/C16H24N6O3/c1-11(2)15-12(8-17-19-15)16(23)22-6-4-21(5-7-22)9-14-18-13(10-24-3)20-25-14/h8,11H,4-7,9-10H2,1-3H3,(H,17,19). The Morgan fingerprint density at radius 2 is 2.12 bits per heavy atom. The second-order valence-corrected chi connectivity index (χ2v) is 6.46. The van der Waals surface area contributed by atoms with Gasteiger partial charge in [-0.25, -0.2) is 0 Å². The summed E-state index contributed by atoms with van der Waals surface area (Å²) >= 11 is 0.